The second-order valence-electron chi connectivity index (χ2n) is 4.13. The molecule has 0 heterocycles. The summed E-state index contributed by atoms with van der Waals surface area (Å²) in [7, 11) is 1.54. The fraction of sp³-hybridized carbons (Fsp3) is 0.385. The van der Waals surface area contributed by atoms with Crippen LogP contribution < -0.4 is 5.73 Å². The number of carbonyl (C=O) groups excluding carboxylic acids is 1. The Kier molecular flexibility index (Phi) is 7.04. The molecule has 20 heavy (non-hydrogen) atoms. The van der Waals surface area contributed by atoms with E-state index in [-0.39, 0.29) is 5.56 Å². The summed E-state index contributed by atoms with van der Waals surface area (Å²) in [4.78, 5) is 14.2. The van der Waals surface area contributed by atoms with Crippen molar-refractivity contribution in [3.05, 3.63) is 34.1 Å². The Bertz CT molecular complexity index is 499. The first-order valence-corrected chi connectivity index (χ1v) is 7.17. The number of rotatable bonds is 7. The topological polar surface area (TPSA) is 55.6 Å². The largest absolute Gasteiger partial charge is 0.393 e. The number of nitrogens with two attached hydrogens (primary N) is 1. The van der Waals surface area contributed by atoms with Crippen LogP contribution in [0.2, 0.25) is 0 Å². The average molecular weight is 363 g/mol. The molecule has 1 rings (SSSR count). The molecular formula is C13H16BrFN2O2S. The highest BCUT2D eigenvalue weighted by Gasteiger charge is 2.19. The van der Waals surface area contributed by atoms with E-state index in [9.17, 15) is 9.18 Å². The quantitative estimate of drug-likeness (QED) is 0.756. The Morgan fingerprint density at radius 2 is 2.20 bits per heavy atom. The van der Waals surface area contributed by atoms with Crippen molar-refractivity contribution in [3.63, 3.8) is 0 Å². The maximum Gasteiger partial charge on any atom is 0.256 e. The molecule has 1 aromatic rings. The van der Waals surface area contributed by atoms with Gasteiger partial charge in [0.25, 0.3) is 5.91 Å². The van der Waals surface area contributed by atoms with Crippen LogP contribution in [0, 0.1) is 5.82 Å². The van der Waals surface area contributed by atoms with Gasteiger partial charge in [0.15, 0.2) is 0 Å². The van der Waals surface area contributed by atoms with Gasteiger partial charge in [0, 0.05) is 31.1 Å². The maximum absolute atomic E-state index is 13.8. The number of thiocarbonyl (C=S) groups is 1. The van der Waals surface area contributed by atoms with Crippen LogP contribution in [-0.4, -0.2) is 42.6 Å². The minimum absolute atomic E-state index is 0.0124. The van der Waals surface area contributed by atoms with Crippen LogP contribution in [0.25, 0.3) is 0 Å². The molecule has 0 fully saturated rings. The summed E-state index contributed by atoms with van der Waals surface area (Å²) in [6.07, 6.45) is 0.389. The van der Waals surface area contributed by atoms with Crippen molar-refractivity contribution in [1.29, 1.82) is 0 Å². The van der Waals surface area contributed by atoms with Gasteiger partial charge in [-0.25, -0.2) is 4.39 Å². The second kappa shape index (κ2) is 8.28. The van der Waals surface area contributed by atoms with Gasteiger partial charge in [-0.05, 0) is 18.2 Å². The molecule has 0 radical (unpaired) electrons. The molecule has 0 spiro atoms. The van der Waals surface area contributed by atoms with Gasteiger partial charge >= 0.3 is 0 Å². The van der Waals surface area contributed by atoms with Crippen LogP contribution in [-0.2, 0) is 4.74 Å². The monoisotopic (exact) mass is 362 g/mol. The number of hydrogen-bond donors (Lipinski definition) is 1. The third-order valence-electron chi connectivity index (χ3n) is 2.64. The smallest absolute Gasteiger partial charge is 0.256 e. The van der Waals surface area contributed by atoms with Crippen LogP contribution in [0.1, 0.15) is 16.8 Å². The highest BCUT2D eigenvalue weighted by Crippen LogP contribution is 2.17. The van der Waals surface area contributed by atoms with Crippen molar-refractivity contribution in [3.8, 4) is 0 Å². The second-order valence-corrected chi connectivity index (χ2v) is 5.57. The van der Waals surface area contributed by atoms with Crippen molar-refractivity contribution < 1.29 is 13.9 Å². The van der Waals surface area contributed by atoms with Gasteiger partial charge in [0.1, 0.15) is 5.82 Å². The zero-order valence-corrected chi connectivity index (χ0v) is 13.5. The highest BCUT2D eigenvalue weighted by atomic mass is 79.9. The van der Waals surface area contributed by atoms with Crippen LogP contribution >= 0.6 is 28.1 Å². The molecule has 0 aromatic heterocycles. The Morgan fingerprint density at radius 1 is 1.50 bits per heavy atom. The molecule has 0 unspecified atom stereocenters. The molecule has 110 valence electrons. The highest BCUT2D eigenvalue weighted by molar-refractivity contribution is 9.10. The van der Waals surface area contributed by atoms with E-state index in [1.165, 1.54) is 24.1 Å². The van der Waals surface area contributed by atoms with Gasteiger partial charge in [-0.2, -0.15) is 0 Å². The lowest BCUT2D eigenvalue weighted by Gasteiger charge is -2.22. The number of methoxy groups -OCH3 is 1. The van der Waals surface area contributed by atoms with Gasteiger partial charge in [-0.15, -0.1) is 0 Å². The van der Waals surface area contributed by atoms with Crippen molar-refractivity contribution in [1.82, 2.24) is 4.90 Å². The minimum atomic E-state index is -0.559. The van der Waals surface area contributed by atoms with Crippen molar-refractivity contribution in [2.24, 2.45) is 5.73 Å². The molecule has 1 amide bonds. The molecule has 0 aliphatic rings. The molecule has 0 aliphatic heterocycles. The molecule has 4 nitrogen and oxygen atoms in total. The molecule has 0 saturated carbocycles. The zero-order valence-electron chi connectivity index (χ0n) is 11.1. The predicted octanol–water partition coefficient (Wildman–Crippen LogP) is 2.35. The molecule has 0 aliphatic carbocycles. The molecule has 0 saturated heterocycles. The Morgan fingerprint density at radius 3 is 2.80 bits per heavy atom. The summed E-state index contributed by atoms with van der Waals surface area (Å²) < 4.78 is 19.4. The normalized spacial score (nSPS) is 10.3. The first-order valence-electron chi connectivity index (χ1n) is 5.97. The standard InChI is InChI=1S/C13H16BrFN2O2S/c1-19-7-6-17(5-4-12(16)20)13(18)10-8-9(14)2-3-11(10)15/h2-3,8H,4-7H2,1H3,(H2,16,20). The van der Waals surface area contributed by atoms with Crippen LogP contribution in [0.15, 0.2) is 22.7 Å². The molecule has 0 atom stereocenters. The first kappa shape index (κ1) is 17.0. The van der Waals surface area contributed by atoms with E-state index in [1.54, 1.807) is 6.07 Å². The summed E-state index contributed by atoms with van der Waals surface area (Å²) in [5.41, 5.74) is 5.46. The molecule has 1 aromatic carbocycles. The number of hydrogen-bond acceptors (Lipinski definition) is 3. The van der Waals surface area contributed by atoms with Crippen LogP contribution in [0.5, 0.6) is 0 Å². The van der Waals surface area contributed by atoms with E-state index < -0.39 is 11.7 Å². The lowest BCUT2D eigenvalue weighted by atomic mass is 10.2. The number of benzene rings is 1. The summed E-state index contributed by atoms with van der Waals surface area (Å²) in [5.74, 6) is -0.965. The van der Waals surface area contributed by atoms with Crippen LogP contribution in [0.4, 0.5) is 4.39 Å². The summed E-state index contributed by atoms with van der Waals surface area (Å²) >= 11 is 8.03. The lowest BCUT2D eigenvalue weighted by molar-refractivity contribution is 0.0696. The average Bonchev–Trinajstić information content (AvgIpc) is 2.40. The third-order valence-corrected chi connectivity index (χ3v) is 3.34. The Balaban J connectivity index is 2.90. The first-order chi connectivity index (χ1) is 9.45. The maximum atomic E-state index is 13.8. The van der Waals surface area contributed by atoms with Gasteiger partial charge in [-0.1, -0.05) is 28.1 Å². The molecule has 0 bridgehead atoms. The fourth-order valence-corrected chi connectivity index (χ4v) is 2.05. The van der Waals surface area contributed by atoms with E-state index in [4.69, 9.17) is 22.7 Å². The van der Waals surface area contributed by atoms with Crippen molar-refractivity contribution in [2.75, 3.05) is 26.8 Å². The van der Waals surface area contributed by atoms with Gasteiger partial charge in [0.05, 0.1) is 17.2 Å². The SMILES string of the molecule is COCCN(CCC(N)=S)C(=O)c1cc(Br)ccc1F. The number of amides is 1. The number of halogens is 2. The fourth-order valence-electron chi connectivity index (χ4n) is 1.59. The van der Waals surface area contributed by atoms with Crippen molar-refractivity contribution >= 4 is 39.0 Å². The third kappa shape index (κ3) is 5.15. The molecule has 7 heteroatoms. The van der Waals surface area contributed by atoms with Gasteiger partial charge in [0.2, 0.25) is 0 Å². The summed E-state index contributed by atoms with van der Waals surface area (Å²) in [6.45, 7) is 1.05. The van der Waals surface area contributed by atoms with E-state index in [1.807, 2.05) is 0 Å². The van der Waals surface area contributed by atoms with Gasteiger partial charge < -0.3 is 15.4 Å². The van der Waals surface area contributed by atoms with E-state index in [0.29, 0.717) is 35.6 Å². The van der Waals surface area contributed by atoms with Crippen LogP contribution in [0.3, 0.4) is 0 Å². The number of carbonyl (C=O) groups is 1. The minimum Gasteiger partial charge on any atom is -0.393 e. The molecular weight excluding hydrogens is 347 g/mol. The predicted molar refractivity (Wildman–Crippen MR) is 83.3 cm³/mol. The zero-order chi connectivity index (χ0) is 15.1. The van der Waals surface area contributed by atoms with E-state index in [2.05, 4.69) is 15.9 Å². The molecule has 2 N–H and O–H groups in total. The Hall–Kier alpha value is -1.05. The van der Waals surface area contributed by atoms with E-state index >= 15 is 0 Å². The number of ether oxygens (including phenoxy) is 1. The number of nitrogens with zero attached hydrogens (tertiary/aromatic N) is 1. The van der Waals surface area contributed by atoms with E-state index in [0.717, 1.165) is 0 Å². The summed E-state index contributed by atoms with van der Waals surface area (Å²) in [6, 6.07) is 4.25. The van der Waals surface area contributed by atoms with Crippen molar-refractivity contribution in [2.45, 2.75) is 6.42 Å². The Labute approximate surface area is 131 Å². The lowest BCUT2D eigenvalue weighted by Crippen LogP contribution is -2.36. The van der Waals surface area contributed by atoms with Gasteiger partial charge in [-0.3, -0.25) is 4.79 Å². The summed E-state index contributed by atoms with van der Waals surface area (Å²) in [5, 5.41) is 0.